The summed E-state index contributed by atoms with van der Waals surface area (Å²) in [6.45, 7) is 2.15. The van der Waals surface area contributed by atoms with E-state index in [0.29, 0.717) is 11.7 Å². The molecule has 0 bridgehead atoms. The zero-order chi connectivity index (χ0) is 14.2. The van der Waals surface area contributed by atoms with Crippen LogP contribution in [0.1, 0.15) is 24.7 Å². The smallest absolute Gasteiger partial charge is 0.230 e. The summed E-state index contributed by atoms with van der Waals surface area (Å²) in [5.74, 6) is 1.74. The third-order valence-electron chi connectivity index (χ3n) is 4.08. The second-order valence-electron chi connectivity index (χ2n) is 5.56. The van der Waals surface area contributed by atoms with Gasteiger partial charge in [0, 0.05) is 11.5 Å². The normalized spacial score (nSPS) is 17.6. The Hall–Kier alpha value is -2.28. The molecule has 0 aliphatic carbocycles. The minimum atomic E-state index is 0.373. The number of rotatable bonds is 2. The van der Waals surface area contributed by atoms with Gasteiger partial charge in [-0.2, -0.15) is 20.4 Å². The van der Waals surface area contributed by atoms with Crippen molar-refractivity contribution in [3.05, 3.63) is 24.1 Å². The van der Waals surface area contributed by atoms with Crippen molar-refractivity contribution in [1.29, 1.82) is 0 Å². The topological polar surface area (TPSA) is 83.7 Å². The van der Waals surface area contributed by atoms with Gasteiger partial charge >= 0.3 is 0 Å². The highest BCUT2D eigenvalue weighted by atomic mass is 16.5. The van der Waals surface area contributed by atoms with E-state index in [9.17, 15) is 0 Å². The summed E-state index contributed by atoms with van der Waals surface area (Å²) in [4.78, 5) is 6.89. The van der Waals surface area contributed by atoms with Gasteiger partial charge in [-0.3, -0.25) is 0 Å². The van der Waals surface area contributed by atoms with Crippen LogP contribution in [0, 0.1) is 0 Å². The molecule has 0 amide bonds. The Labute approximate surface area is 121 Å². The Bertz CT molecular complexity index is 756. The van der Waals surface area contributed by atoms with Crippen molar-refractivity contribution >= 4 is 11.0 Å². The van der Waals surface area contributed by atoms with Gasteiger partial charge in [0.15, 0.2) is 0 Å². The summed E-state index contributed by atoms with van der Waals surface area (Å²) in [5.41, 5.74) is 2.54. The van der Waals surface area contributed by atoms with E-state index in [1.807, 2.05) is 18.2 Å². The summed E-state index contributed by atoms with van der Waals surface area (Å²) in [5, 5.41) is 14.8. The van der Waals surface area contributed by atoms with Crippen LogP contribution in [0.25, 0.3) is 22.4 Å². The highest BCUT2D eigenvalue weighted by Crippen LogP contribution is 2.28. The number of benzene rings is 1. The first-order valence-electron chi connectivity index (χ1n) is 7.12. The fourth-order valence-corrected chi connectivity index (χ4v) is 2.75. The molecule has 7 heteroatoms. The Morgan fingerprint density at radius 2 is 2.00 bits per heavy atom. The molecule has 4 rings (SSSR count). The Balaban J connectivity index is 1.61. The molecule has 0 saturated carbocycles. The molecular weight excluding hydrogens is 268 g/mol. The Morgan fingerprint density at radius 3 is 2.86 bits per heavy atom. The zero-order valence-electron chi connectivity index (χ0n) is 11.8. The molecule has 0 atom stereocenters. The van der Waals surface area contributed by atoms with Crippen LogP contribution in [0.15, 0.2) is 22.7 Å². The number of piperidine rings is 1. The van der Waals surface area contributed by atoms with Gasteiger partial charge in [-0.25, -0.2) is 0 Å². The number of hydrogen-bond acceptors (Lipinski definition) is 6. The average Bonchev–Trinajstić information content (AvgIpc) is 3.16. The fraction of sp³-hybridized carbons (Fsp3) is 0.429. The number of aromatic amines is 1. The first kappa shape index (κ1) is 12.5. The van der Waals surface area contributed by atoms with E-state index < -0.39 is 0 Å². The van der Waals surface area contributed by atoms with Crippen molar-refractivity contribution in [2.75, 3.05) is 20.1 Å². The van der Waals surface area contributed by atoms with E-state index >= 15 is 0 Å². The highest BCUT2D eigenvalue weighted by Gasteiger charge is 2.24. The minimum absolute atomic E-state index is 0.373. The maximum Gasteiger partial charge on any atom is 0.230 e. The van der Waals surface area contributed by atoms with Gasteiger partial charge in [0.1, 0.15) is 11.0 Å². The molecule has 1 fully saturated rings. The van der Waals surface area contributed by atoms with Crippen molar-refractivity contribution in [2.45, 2.75) is 18.8 Å². The average molecular weight is 284 g/mol. The van der Waals surface area contributed by atoms with Gasteiger partial charge in [-0.15, -0.1) is 0 Å². The third kappa shape index (κ3) is 2.29. The van der Waals surface area contributed by atoms with Crippen LogP contribution in [0.4, 0.5) is 0 Å². The lowest BCUT2D eigenvalue weighted by atomic mass is 9.97. The molecular formula is C14H16N6O. The highest BCUT2D eigenvalue weighted by molar-refractivity contribution is 5.79. The second kappa shape index (κ2) is 4.92. The molecule has 1 saturated heterocycles. The van der Waals surface area contributed by atoms with E-state index in [0.717, 1.165) is 48.4 Å². The van der Waals surface area contributed by atoms with Gasteiger partial charge in [0.05, 0.1) is 0 Å². The molecule has 1 aliphatic rings. The largest absolute Gasteiger partial charge is 0.339 e. The number of fused-ring (bicyclic) bond motifs is 1. The van der Waals surface area contributed by atoms with Crippen LogP contribution in [-0.4, -0.2) is 50.6 Å². The molecule has 0 unspecified atom stereocenters. The lowest BCUT2D eigenvalue weighted by molar-refractivity contribution is 0.227. The van der Waals surface area contributed by atoms with Gasteiger partial charge in [-0.1, -0.05) is 5.16 Å². The predicted molar refractivity (Wildman–Crippen MR) is 76.7 cm³/mol. The number of hydrogen-bond donors (Lipinski definition) is 1. The lowest BCUT2D eigenvalue weighted by Crippen LogP contribution is -2.29. The summed E-state index contributed by atoms with van der Waals surface area (Å²) >= 11 is 0. The molecule has 108 valence electrons. The zero-order valence-corrected chi connectivity index (χ0v) is 11.8. The fourth-order valence-electron chi connectivity index (χ4n) is 2.75. The summed E-state index contributed by atoms with van der Waals surface area (Å²) < 4.78 is 5.46. The van der Waals surface area contributed by atoms with E-state index in [-0.39, 0.29) is 0 Å². The van der Waals surface area contributed by atoms with Crippen LogP contribution in [0.5, 0.6) is 0 Å². The van der Waals surface area contributed by atoms with E-state index in [1.54, 1.807) is 0 Å². The van der Waals surface area contributed by atoms with Crippen molar-refractivity contribution in [3.8, 4) is 11.4 Å². The molecule has 2 aromatic heterocycles. The van der Waals surface area contributed by atoms with Crippen LogP contribution >= 0.6 is 0 Å². The lowest BCUT2D eigenvalue weighted by Gasteiger charge is -2.26. The van der Waals surface area contributed by atoms with Gasteiger partial charge in [0.25, 0.3) is 0 Å². The quantitative estimate of drug-likeness (QED) is 0.772. The summed E-state index contributed by atoms with van der Waals surface area (Å²) in [7, 11) is 2.14. The summed E-state index contributed by atoms with van der Waals surface area (Å²) in [6, 6.07) is 5.76. The van der Waals surface area contributed by atoms with Crippen molar-refractivity contribution in [2.24, 2.45) is 0 Å². The van der Waals surface area contributed by atoms with Crippen LogP contribution in [0.2, 0.25) is 0 Å². The minimum Gasteiger partial charge on any atom is -0.339 e. The first-order chi connectivity index (χ1) is 10.3. The summed E-state index contributed by atoms with van der Waals surface area (Å²) in [6.07, 6.45) is 2.14. The van der Waals surface area contributed by atoms with Crippen LogP contribution < -0.4 is 0 Å². The molecule has 1 N–H and O–H groups in total. The number of aromatic nitrogens is 5. The maximum absolute atomic E-state index is 5.46. The third-order valence-corrected chi connectivity index (χ3v) is 4.08. The standard InChI is InChI=1S/C14H16N6O/c1-20-6-4-9(5-7-20)14-15-13(18-21-14)10-2-3-11-12(8-10)17-19-16-11/h2-3,8-9H,4-7H2,1H3,(H,16,17,19). The Kier molecular flexibility index (Phi) is 2.92. The molecule has 3 aromatic rings. The van der Waals surface area contributed by atoms with Crippen molar-refractivity contribution < 1.29 is 4.52 Å². The van der Waals surface area contributed by atoms with E-state index in [4.69, 9.17) is 4.52 Å². The predicted octanol–water partition coefficient (Wildman–Crippen LogP) is 1.82. The number of nitrogens with zero attached hydrogens (tertiary/aromatic N) is 5. The molecule has 1 aliphatic heterocycles. The van der Waals surface area contributed by atoms with Crippen molar-refractivity contribution in [1.82, 2.24) is 30.5 Å². The molecule has 3 heterocycles. The molecule has 21 heavy (non-hydrogen) atoms. The number of likely N-dealkylation sites (tertiary alicyclic amines) is 1. The monoisotopic (exact) mass is 284 g/mol. The van der Waals surface area contributed by atoms with Gasteiger partial charge in [-0.05, 0) is 51.2 Å². The maximum atomic E-state index is 5.46. The Morgan fingerprint density at radius 1 is 1.19 bits per heavy atom. The van der Waals surface area contributed by atoms with E-state index in [2.05, 4.69) is 37.5 Å². The first-order valence-corrected chi connectivity index (χ1v) is 7.12. The number of H-pyrrole nitrogens is 1. The molecule has 1 aromatic carbocycles. The molecule has 0 spiro atoms. The van der Waals surface area contributed by atoms with E-state index in [1.165, 1.54) is 0 Å². The van der Waals surface area contributed by atoms with Gasteiger partial charge in [0.2, 0.25) is 11.7 Å². The second-order valence-corrected chi connectivity index (χ2v) is 5.56. The molecule has 7 nitrogen and oxygen atoms in total. The van der Waals surface area contributed by atoms with Crippen LogP contribution in [-0.2, 0) is 0 Å². The van der Waals surface area contributed by atoms with Gasteiger partial charge < -0.3 is 9.42 Å². The molecule has 0 radical (unpaired) electrons. The SMILES string of the molecule is CN1CCC(c2nc(-c3ccc4n[nH]nc4c3)no2)CC1. The van der Waals surface area contributed by atoms with Crippen molar-refractivity contribution in [3.63, 3.8) is 0 Å². The van der Waals surface area contributed by atoms with Crippen LogP contribution in [0.3, 0.4) is 0 Å². The number of nitrogens with one attached hydrogen (secondary N) is 1.